The number of esters is 1. The predicted molar refractivity (Wildman–Crippen MR) is 119 cm³/mol. The van der Waals surface area contributed by atoms with E-state index in [-0.39, 0.29) is 23.4 Å². The molecule has 5 rings (SSSR count). The minimum atomic E-state index is -0.185. The molecule has 2 heterocycles. The van der Waals surface area contributed by atoms with Crippen LogP contribution in [0.4, 0.5) is 0 Å². The molecule has 1 fully saturated rings. The molecule has 3 aromatic rings. The van der Waals surface area contributed by atoms with E-state index in [9.17, 15) is 9.59 Å². The van der Waals surface area contributed by atoms with Gasteiger partial charge in [-0.3, -0.25) is 9.59 Å². The summed E-state index contributed by atoms with van der Waals surface area (Å²) in [4.78, 5) is 25.6. The second-order valence-electron chi connectivity index (χ2n) is 8.52. The fourth-order valence-corrected chi connectivity index (χ4v) is 4.70. The second kappa shape index (κ2) is 7.73. The molecule has 2 aliphatic rings. The number of carbonyl (C=O) groups excluding carboxylic acids is 2. The van der Waals surface area contributed by atoms with Gasteiger partial charge in [0.15, 0.2) is 5.76 Å². The first-order valence-electron chi connectivity index (χ1n) is 10.9. The van der Waals surface area contributed by atoms with Gasteiger partial charge in [0.1, 0.15) is 11.5 Å². The first kappa shape index (κ1) is 19.6. The van der Waals surface area contributed by atoms with Crippen molar-refractivity contribution in [2.45, 2.75) is 39.0 Å². The fraction of sp³-hybridized carbons (Fsp3) is 0.308. The summed E-state index contributed by atoms with van der Waals surface area (Å²) in [6, 6.07) is 11.5. The van der Waals surface area contributed by atoms with Gasteiger partial charge in [-0.25, -0.2) is 0 Å². The number of fused-ring (bicyclic) bond motifs is 2. The van der Waals surface area contributed by atoms with Crippen LogP contribution in [0.3, 0.4) is 0 Å². The molecule has 0 saturated heterocycles. The van der Waals surface area contributed by atoms with Crippen LogP contribution < -0.4 is 9.47 Å². The molecule has 1 aliphatic heterocycles. The number of nitrogens with zero attached hydrogens (tertiary/aromatic N) is 1. The van der Waals surface area contributed by atoms with Crippen LogP contribution in [0.5, 0.6) is 11.5 Å². The molecule has 0 N–H and O–H groups in total. The molecule has 1 saturated carbocycles. The number of aryl methyl sites for hydroxylation is 2. The Morgan fingerprint density at radius 2 is 1.94 bits per heavy atom. The number of ketones is 1. The highest BCUT2D eigenvalue weighted by atomic mass is 16.5. The van der Waals surface area contributed by atoms with Gasteiger partial charge in [-0.2, -0.15) is 0 Å². The molecule has 158 valence electrons. The van der Waals surface area contributed by atoms with E-state index >= 15 is 0 Å². The average Bonchev–Trinajstić information content (AvgIpc) is 3.26. The van der Waals surface area contributed by atoms with Crippen molar-refractivity contribution in [3.8, 4) is 11.5 Å². The lowest BCUT2D eigenvalue weighted by molar-refractivity contribution is -0.139. The van der Waals surface area contributed by atoms with Crippen molar-refractivity contribution in [3.63, 3.8) is 0 Å². The van der Waals surface area contributed by atoms with E-state index in [1.54, 1.807) is 18.2 Å². The van der Waals surface area contributed by atoms with Crippen LogP contribution in [-0.2, 0) is 11.8 Å². The van der Waals surface area contributed by atoms with Crippen LogP contribution in [0.1, 0.15) is 53.6 Å². The molecule has 0 amide bonds. The Bertz CT molecular complexity index is 1230. The Morgan fingerprint density at radius 1 is 1.16 bits per heavy atom. The second-order valence-corrected chi connectivity index (χ2v) is 8.52. The Kier molecular flexibility index (Phi) is 4.89. The third-order valence-corrected chi connectivity index (χ3v) is 6.31. The van der Waals surface area contributed by atoms with Crippen molar-refractivity contribution in [2.24, 2.45) is 13.0 Å². The van der Waals surface area contributed by atoms with Gasteiger partial charge in [0, 0.05) is 35.8 Å². The van der Waals surface area contributed by atoms with Crippen molar-refractivity contribution < 1.29 is 19.1 Å². The molecule has 0 radical (unpaired) electrons. The molecular weight excluding hydrogens is 390 g/mol. The van der Waals surface area contributed by atoms with Crippen molar-refractivity contribution >= 4 is 28.7 Å². The van der Waals surface area contributed by atoms with Crippen molar-refractivity contribution in [3.05, 3.63) is 65.0 Å². The van der Waals surface area contributed by atoms with Gasteiger partial charge in [0.25, 0.3) is 0 Å². The zero-order valence-electron chi connectivity index (χ0n) is 17.8. The SMILES string of the molecule is Cc1cc(OC(=O)C2CCCCC2)cc2c1C(=O)/C(=C/c1cn(C)c3ccccc13)O2. The molecule has 0 bridgehead atoms. The number of rotatable bonds is 3. The van der Waals surface area contributed by atoms with E-state index in [1.165, 1.54) is 6.42 Å². The molecular formula is C26H25NO4. The minimum Gasteiger partial charge on any atom is -0.452 e. The van der Waals surface area contributed by atoms with E-state index in [4.69, 9.17) is 9.47 Å². The number of ether oxygens (including phenoxy) is 2. The molecule has 31 heavy (non-hydrogen) atoms. The number of hydrogen-bond donors (Lipinski definition) is 0. The Hall–Kier alpha value is -3.34. The summed E-state index contributed by atoms with van der Waals surface area (Å²) in [5.74, 6) is 0.798. The number of para-hydroxylation sites is 1. The van der Waals surface area contributed by atoms with Gasteiger partial charge in [-0.05, 0) is 43.5 Å². The molecule has 5 nitrogen and oxygen atoms in total. The van der Waals surface area contributed by atoms with Crippen molar-refractivity contribution in [2.75, 3.05) is 0 Å². The quantitative estimate of drug-likeness (QED) is 0.318. The maximum Gasteiger partial charge on any atom is 0.314 e. The summed E-state index contributed by atoms with van der Waals surface area (Å²) in [5.41, 5.74) is 3.29. The van der Waals surface area contributed by atoms with E-state index in [0.717, 1.165) is 47.7 Å². The number of hydrogen-bond acceptors (Lipinski definition) is 4. The van der Waals surface area contributed by atoms with Crippen LogP contribution in [0.15, 0.2) is 48.4 Å². The minimum absolute atomic E-state index is 0.0355. The van der Waals surface area contributed by atoms with Crippen LogP contribution >= 0.6 is 0 Å². The number of aromatic nitrogens is 1. The predicted octanol–water partition coefficient (Wildman–Crippen LogP) is 5.59. The maximum atomic E-state index is 13.0. The largest absolute Gasteiger partial charge is 0.452 e. The van der Waals surface area contributed by atoms with Gasteiger partial charge < -0.3 is 14.0 Å². The van der Waals surface area contributed by atoms with Crippen molar-refractivity contribution in [1.29, 1.82) is 0 Å². The highest BCUT2D eigenvalue weighted by Crippen LogP contribution is 2.38. The number of allylic oxidation sites excluding steroid dienone is 1. The maximum absolute atomic E-state index is 13.0. The van der Waals surface area contributed by atoms with E-state index in [2.05, 4.69) is 0 Å². The van der Waals surface area contributed by atoms with E-state index in [0.29, 0.717) is 17.1 Å². The van der Waals surface area contributed by atoms with Gasteiger partial charge in [-0.1, -0.05) is 37.5 Å². The smallest absolute Gasteiger partial charge is 0.314 e. The first-order valence-corrected chi connectivity index (χ1v) is 10.9. The third-order valence-electron chi connectivity index (χ3n) is 6.31. The fourth-order valence-electron chi connectivity index (χ4n) is 4.70. The van der Waals surface area contributed by atoms with Gasteiger partial charge in [-0.15, -0.1) is 0 Å². The third kappa shape index (κ3) is 3.54. The van der Waals surface area contributed by atoms with Crippen LogP contribution in [0, 0.1) is 12.8 Å². The Labute approximate surface area is 181 Å². The summed E-state index contributed by atoms with van der Waals surface area (Å²) < 4.78 is 13.6. The lowest BCUT2D eigenvalue weighted by Crippen LogP contribution is -2.22. The molecule has 1 aromatic heterocycles. The van der Waals surface area contributed by atoms with E-state index in [1.807, 2.05) is 49.0 Å². The molecule has 0 unspecified atom stereocenters. The lowest BCUT2D eigenvalue weighted by atomic mass is 9.89. The summed E-state index contributed by atoms with van der Waals surface area (Å²) in [6.07, 6.45) is 8.88. The lowest BCUT2D eigenvalue weighted by Gasteiger charge is -2.20. The first-order chi connectivity index (χ1) is 15.0. The topological polar surface area (TPSA) is 57.5 Å². The number of Topliss-reactive ketones (excluding diaryl/α,β-unsaturated/α-hetero) is 1. The standard InChI is InChI=1S/C26H25NO4/c1-16-12-19(30-26(29)17-8-4-3-5-9-17)14-22-24(16)25(28)23(31-22)13-18-15-27(2)21-11-7-6-10-20(18)21/h6-7,10-15,17H,3-5,8-9H2,1-2H3/b23-13-. The highest BCUT2D eigenvalue weighted by Gasteiger charge is 2.31. The summed E-state index contributed by atoms with van der Waals surface area (Å²) >= 11 is 0. The molecule has 5 heteroatoms. The summed E-state index contributed by atoms with van der Waals surface area (Å²) in [5, 5.41) is 1.06. The van der Waals surface area contributed by atoms with Crippen LogP contribution in [0.25, 0.3) is 17.0 Å². The van der Waals surface area contributed by atoms with Crippen LogP contribution in [-0.4, -0.2) is 16.3 Å². The highest BCUT2D eigenvalue weighted by molar-refractivity contribution is 6.16. The van der Waals surface area contributed by atoms with Gasteiger partial charge >= 0.3 is 5.97 Å². The van der Waals surface area contributed by atoms with Gasteiger partial charge in [0.2, 0.25) is 5.78 Å². The normalized spacial score (nSPS) is 17.7. The Morgan fingerprint density at radius 3 is 2.74 bits per heavy atom. The molecule has 0 spiro atoms. The summed E-state index contributed by atoms with van der Waals surface area (Å²) in [7, 11) is 1.98. The van der Waals surface area contributed by atoms with Crippen LogP contribution in [0.2, 0.25) is 0 Å². The molecule has 1 aliphatic carbocycles. The van der Waals surface area contributed by atoms with Crippen molar-refractivity contribution in [1.82, 2.24) is 4.57 Å². The molecule has 0 atom stereocenters. The average molecular weight is 415 g/mol. The summed E-state index contributed by atoms with van der Waals surface area (Å²) in [6.45, 7) is 1.85. The van der Waals surface area contributed by atoms with Gasteiger partial charge in [0.05, 0.1) is 11.5 Å². The molecule has 2 aromatic carbocycles. The Balaban J connectivity index is 1.43. The number of carbonyl (C=O) groups is 2. The monoisotopic (exact) mass is 415 g/mol. The number of benzene rings is 2. The zero-order valence-corrected chi connectivity index (χ0v) is 17.8. The zero-order chi connectivity index (χ0) is 21.5. The van der Waals surface area contributed by atoms with E-state index < -0.39 is 0 Å².